The number of amides is 1. The van der Waals surface area contributed by atoms with E-state index in [-0.39, 0.29) is 5.91 Å². The summed E-state index contributed by atoms with van der Waals surface area (Å²) in [5.74, 6) is 0.529. The summed E-state index contributed by atoms with van der Waals surface area (Å²) < 4.78 is 6.55. The van der Waals surface area contributed by atoms with Gasteiger partial charge in [-0.3, -0.25) is 4.79 Å². The standard InChI is InChI=1S/C25H22BrN3O2S/c1-4-31-18-8-6-17(7-9-18)22-14-20(19-13-15(2)5-10-21(19)27-22)25(30)29-28-16(3)23-11-12-24(26)32-23/h5-14H,4H2,1-3H3,(H,29,30)/b28-16+. The van der Waals surface area contributed by atoms with Crippen molar-refractivity contribution >= 4 is 49.8 Å². The van der Waals surface area contributed by atoms with Gasteiger partial charge in [0.2, 0.25) is 0 Å². The van der Waals surface area contributed by atoms with E-state index in [2.05, 4.69) is 26.5 Å². The fourth-order valence-electron chi connectivity index (χ4n) is 3.32. The third-order valence-electron chi connectivity index (χ3n) is 4.92. The molecule has 0 spiro atoms. The molecule has 0 bridgehead atoms. The fourth-order valence-corrected chi connectivity index (χ4v) is 4.65. The maximum absolute atomic E-state index is 13.2. The molecule has 0 atom stereocenters. The van der Waals surface area contributed by atoms with Crippen LogP contribution in [0.3, 0.4) is 0 Å². The van der Waals surface area contributed by atoms with E-state index in [1.54, 1.807) is 11.3 Å². The minimum atomic E-state index is -0.273. The van der Waals surface area contributed by atoms with Crippen LogP contribution in [0, 0.1) is 6.92 Å². The van der Waals surface area contributed by atoms with E-state index in [0.29, 0.717) is 12.2 Å². The minimum Gasteiger partial charge on any atom is -0.494 e. The molecule has 2 aromatic heterocycles. The van der Waals surface area contributed by atoms with Gasteiger partial charge in [0, 0.05) is 10.9 Å². The Kier molecular flexibility index (Phi) is 6.67. The Labute approximate surface area is 199 Å². The number of nitrogens with one attached hydrogen (secondary N) is 1. The van der Waals surface area contributed by atoms with Crippen LogP contribution in [-0.4, -0.2) is 23.2 Å². The normalized spacial score (nSPS) is 11.6. The quantitative estimate of drug-likeness (QED) is 0.236. The van der Waals surface area contributed by atoms with Gasteiger partial charge in [0.15, 0.2) is 0 Å². The lowest BCUT2D eigenvalue weighted by Gasteiger charge is -2.11. The molecule has 32 heavy (non-hydrogen) atoms. The molecule has 1 N–H and O–H groups in total. The van der Waals surface area contributed by atoms with E-state index in [1.165, 1.54) is 0 Å². The van der Waals surface area contributed by atoms with Crippen LogP contribution in [-0.2, 0) is 0 Å². The van der Waals surface area contributed by atoms with Gasteiger partial charge in [-0.05, 0) is 91.3 Å². The second-order valence-corrected chi connectivity index (χ2v) is 9.74. The number of aromatic nitrogens is 1. The number of aryl methyl sites for hydroxylation is 1. The Balaban J connectivity index is 1.71. The van der Waals surface area contributed by atoms with Gasteiger partial charge in [-0.2, -0.15) is 5.10 Å². The number of benzene rings is 2. The van der Waals surface area contributed by atoms with Crippen molar-refractivity contribution in [3.63, 3.8) is 0 Å². The minimum absolute atomic E-state index is 0.273. The molecule has 7 heteroatoms. The molecule has 4 rings (SSSR count). The zero-order chi connectivity index (χ0) is 22.7. The lowest BCUT2D eigenvalue weighted by molar-refractivity contribution is 0.0956. The third kappa shape index (κ3) is 4.89. The number of ether oxygens (including phenoxy) is 1. The summed E-state index contributed by atoms with van der Waals surface area (Å²) in [4.78, 5) is 18.9. The van der Waals surface area contributed by atoms with Gasteiger partial charge < -0.3 is 4.74 Å². The van der Waals surface area contributed by atoms with Gasteiger partial charge in [0.25, 0.3) is 5.91 Å². The first-order valence-electron chi connectivity index (χ1n) is 10.2. The average Bonchev–Trinajstić information content (AvgIpc) is 3.23. The monoisotopic (exact) mass is 507 g/mol. The van der Waals surface area contributed by atoms with Gasteiger partial charge in [-0.1, -0.05) is 11.6 Å². The number of halogens is 1. The second kappa shape index (κ2) is 9.63. The number of carbonyl (C=O) groups excluding carboxylic acids is 1. The maximum Gasteiger partial charge on any atom is 0.272 e. The number of thiophene rings is 1. The Morgan fingerprint density at radius 2 is 1.91 bits per heavy atom. The van der Waals surface area contributed by atoms with Crippen LogP contribution < -0.4 is 10.2 Å². The third-order valence-corrected chi connectivity index (χ3v) is 6.66. The molecule has 4 aromatic rings. The summed E-state index contributed by atoms with van der Waals surface area (Å²) in [6.07, 6.45) is 0. The highest BCUT2D eigenvalue weighted by atomic mass is 79.9. The Morgan fingerprint density at radius 3 is 2.59 bits per heavy atom. The van der Waals surface area contributed by atoms with Gasteiger partial charge >= 0.3 is 0 Å². The molecule has 162 valence electrons. The van der Waals surface area contributed by atoms with Crippen molar-refractivity contribution in [2.75, 3.05) is 6.61 Å². The molecule has 0 unspecified atom stereocenters. The van der Waals surface area contributed by atoms with E-state index in [1.807, 2.05) is 81.4 Å². The van der Waals surface area contributed by atoms with Crippen LogP contribution in [0.5, 0.6) is 5.75 Å². The number of fused-ring (bicyclic) bond motifs is 1. The van der Waals surface area contributed by atoms with Crippen molar-refractivity contribution in [2.45, 2.75) is 20.8 Å². The van der Waals surface area contributed by atoms with Crippen molar-refractivity contribution in [2.24, 2.45) is 5.10 Å². The van der Waals surface area contributed by atoms with Crippen LogP contribution in [0.1, 0.15) is 34.6 Å². The van der Waals surface area contributed by atoms with Crippen LogP contribution in [0.15, 0.2) is 69.6 Å². The van der Waals surface area contributed by atoms with Crippen molar-refractivity contribution in [3.05, 3.63) is 80.5 Å². The van der Waals surface area contributed by atoms with E-state index in [9.17, 15) is 4.79 Å². The van der Waals surface area contributed by atoms with Gasteiger partial charge in [-0.15, -0.1) is 11.3 Å². The molecule has 5 nitrogen and oxygen atoms in total. The molecule has 0 aliphatic carbocycles. The predicted molar refractivity (Wildman–Crippen MR) is 135 cm³/mol. The topological polar surface area (TPSA) is 63.6 Å². The number of hydrogen-bond acceptors (Lipinski definition) is 5. The van der Waals surface area contributed by atoms with E-state index < -0.39 is 0 Å². The van der Waals surface area contributed by atoms with E-state index >= 15 is 0 Å². The Bertz CT molecular complexity index is 1310. The first-order valence-corrected chi connectivity index (χ1v) is 11.8. The lowest BCUT2D eigenvalue weighted by Crippen LogP contribution is -2.20. The Hall–Kier alpha value is -3.03. The molecule has 0 aliphatic heterocycles. The summed E-state index contributed by atoms with van der Waals surface area (Å²) in [5.41, 5.74) is 7.44. The van der Waals surface area contributed by atoms with Crippen LogP contribution >= 0.6 is 27.3 Å². The summed E-state index contributed by atoms with van der Waals surface area (Å²) >= 11 is 5.02. The van der Waals surface area contributed by atoms with Crippen LogP contribution in [0.2, 0.25) is 0 Å². The molecule has 0 fully saturated rings. The average molecular weight is 508 g/mol. The van der Waals surface area contributed by atoms with Crippen molar-refractivity contribution in [3.8, 4) is 17.0 Å². The number of carbonyl (C=O) groups is 1. The Morgan fingerprint density at radius 1 is 1.12 bits per heavy atom. The largest absolute Gasteiger partial charge is 0.494 e. The molecule has 2 aromatic carbocycles. The highest BCUT2D eigenvalue weighted by Crippen LogP contribution is 2.27. The van der Waals surface area contributed by atoms with Gasteiger partial charge in [0.1, 0.15) is 5.75 Å². The van der Waals surface area contributed by atoms with Crippen molar-refractivity contribution < 1.29 is 9.53 Å². The summed E-state index contributed by atoms with van der Waals surface area (Å²) in [5, 5.41) is 5.11. The number of pyridine rings is 1. The molecule has 0 aliphatic rings. The smallest absolute Gasteiger partial charge is 0.272 e. The van der Waals surface area contributed by atoms with Crippen molar-refractivity contribution in [1.82, 2.24) is 10.4 Å². The second-order valence-electron chi connectivity index (χ2n) is 7.27. The molecular formula is C25H22BrN3O2S. The highest BCUT2D eigenvalue weighted by Gasteiger charge is 2.15. The number of rotatable bonds is 6. The zero-order valence-electron chi connectivity index (χ0n) is 18.0. The fraction of sp³-hybridized carbons (Fsp3) is 0.160. The molecule has 0 saturated heterocycles. The van der Waals surface area contributed by atoms with Crippen molar-refractivity contribution in [1.29, 1.82) is 0 Å². The molecule has 1 amide bonds. The predicted octanol–water partition coefficient (Wildman–Crippen LogP) is 6.59. The summed E-state index contributed by atoms with van der Waals surface area (Å²) in [6, 6.07) is 19.4. The van der Waals surface area contributed by atoms with E-state index in [4.69, 9.17) is 9.72 Å². The SMILES string of the molecule is CCOc1ccc(-c2cc(C(=O)N/N=C(\C)c3ccc(Br)s3)c3cc(C)ccc3n2)cc1. The number of hydrazone groups is 1. The molecule has 0 radical (unpaired) electrons. The van der Waals surface area contributed by atoms with E-state index in [0.717, 1.165) is 47.8 Å². The summed E-state index contributed by atoms with van der Waals surface area (Å²) in [6.45, 7) is 6.43. The van der Waals surface area contributed by atoms with Crippen LogP contribution in [0.25, 0.3) is 22.2 Å². The highest BCUT2D eigenvalue weighted by molar-refractivity contribution is 9.11. The summed E-state index contributed by atoms with van der Waals surface area (Å²) in [7, 11) is 0. The first kappa shape index (κ1) is 22.2. The van der Waals surface area contributed by atoms with Crippen LogP contribution in [0.4, 0.5) is 0 Å². The maximum atomic E-state index is 13.2. The van der Waals surface area contributed by atoms with Gasteiger partial charge in [0.05, 0.1) is 37.8 Å². The number of nitrogens with zero attached hydrogens (tertiary/aromatic N) is 2. The number of hydrogen-bond donors (Lipinski definition) is 1. The molecule has 0 saturated carbocycles. The lowest BCUT2D eigenvalue weighted by atomic mass is 10.0. The molecular weight excluding hydrogens is 486 g/mol. The first-order chi connectivity index (χ1) is 15.4. The van der Waals surface area contributed by atoms with Gasteiger partial charge in [-0.25, -0.2) is 10.4 Å². The molecule has 2 heterocycles. The zero-order valence-corrected chi connectivity index (χ0v) is 20.4.